The van der Waals surface area contributed by atoms with Gasteiger partial charge in [-0.1, -0.05) is 19.1 Å². The Hall–Kier alpha value is -2.33. The number of methoxy groups -OCH3 is 1. The third-order valence-corrected chi connectivity index (χ3v) is 4.80. The quantitative estimate of drug-likeness (QED) is 0.764. The maximum atomic E-state index is 6.34. The van der Waals surface area contributed by atoms with Crippen LogP contribution in [-0.2, 0) is 6.42 Å². The number of nitrogen functional groups attached to an aromatic ring is 1. The summed E-state index contributed by atoms with van der Waals surface area (Å²) in [4.78, 5) is 5.32. The van der Waals surface area contributed by atoms with Crippen LogP contribution in [0.4, 0.5) is 5.00 Å². The van der Waals surface area contributed by atoms with Crippen molar-refractivity contribution in [1.82, 2.24) is 4.98 Å². The molecule has 3 nitrogen and oxygen atoms in total. The minimum atomic E-state index is 0.843. The molecule has 112 valence electrons. The van der Waals surface area contributed by atoms with Crippen molar-refractivity contribution in [2.45, 2.75) is 13.3 Å². The molecule has 0 aliphatic heterocycles. The number of anilines is 1. The molecule has 0 saturated heterocycles. The number of thiophene rings is 1. The lowest BCUT2D eigenvalue weighted by atomic mass is 9.98. The van der Waals surface area contributed by atoms with E-state index in [0.29, 0.717) is 0 Å². The van der Waals surface area contributed by atoms with E-state index in [1.165, 1.54) is 10.4 Å². The zero-order valence-corrected chi connectivity index (χ0v) is 13.5. The third-order valence-electron chi connectivity index (χ3n) is 3.69. The van der Waals surface area contributed by atoms with Crippen molar-refractivity contribution in [3.63, 3.8) is 0 Å². The largest absolute Gasteiger partial charge is 0.497 e. The molecule has 2 aromatic heterocycles. The first-order valence-corrected chi connectivity index (χ1v) is 8.02. The van der Waals surface area contributed by atoms with Gasteiger partial charge in [-0.05, 0) is 47.4 Å². The molecule has 2 heterocycles. The predicted octanol–water partition coefficient (Wildman–Crippen LogP) is 4.63. The van der Waals surface area contributed by atoms with E-state index >= 15 is 0 Å². The molecular weight excluding hydrogens is 292 g/mol. The molecule has 0 unspecified atom stereocenters. The minimum absolute atomic E-state index is 0.843. The molecule has 0 spiro atoms. The third kappa shape index (κ3) is 2.57. The second-order valence-corrected chi connectivity index (χ2v) is 6.02. The van der Waals surface area contributed by atoms with Crippen molar-refractivity contribution in [2.24, 2.45) is 0 Å². The number of rotatable bonds is 4. The minimum Gasteiger partial charge on any atom is -0.497 e. The van der Waals surface area contributed by atoms with Crippen LogP contribution in [0.5, 0.6) is 5.75 Å². The zero-order chi connectivity index (χ0) is 15.5. The lowest BCUT2D eigenvalue weighted by molar-refractivity contribution is 0.415. The van der Waals surface area contributed by atoms with E-state index in [1.807, 2.05) is 42.7 Å². The SMILES string of the molecule is CCc1c(-c2ccncc2)sc(N)c1-c1cccc(OC)c1. The topological polar surface area (TPSA) is 48.1 Å². The number of nitrogens with two attached hydrogens (primary N) is 1. The molecule has 0 fully saturated rings. The van der Waals surface area contributed by atoms with Crippen molar-refractivity contribution in [3.05, 3.63) is 54.4 Å². The summed E-state index contributed by atoms with van der Waals surface area (Å²) in [5.74, 6) is 0.843. The van der Waals surface area contributed by atoms with Crippen LogP contribution in [0.1, 0.15) is 12.5 Å². The monoisotopic (exact) mass is 310 g/mol. The fourth-order valence-corrected chi connectivity index (χ4v) is 3.84. The van der Waals surface area contributed by atoms with Gasteiger partial charge in [-0.15, -0.1) is 11.3 Å². The average molecular weight is 310 g/mol. The van der Waals surface area contributed by atoms with Crippen LogP contribution < -0.4 is 10.5 Å². The molecule has 1 aromatic carbocycles. The number of pyridine rings is 1. The lowest BCUT2D eigenvalue weighted by Crippen LogP contribution is -1.90. The summed E-state index contributed by atoms with van der Waals surface area (Å²) in [5, 5.41) is 0.844. The highest BCUT2D eigenvalue weighted by molar-refractivity contribution is 7.20. The number of hydrogen-bond acceptors (Lipinski definition) is 4. The summed E-state index contributed by atoms with van der Waals surface area (Å²) in [7, 11) is 1.68. The molecule has 0 bridgehead atoms. The maximum Gasteiger partial charge on any atom is 0.119 e. The Morgan fingerprint density at radius 1 is 1.14 bits per heavy atom. The van der Waals surface area contributed by atoms with Gasteiger partial charge in [0.15, 0.2) is 0 Å². The summed E-state index contributed by atoms with van der Waals surface area (Å²) in [6.45, 7) is 2.16. The summed E-state index contributed by atoms with van der Waals surface area (Å²) in [6.07, 6.45) is 4.56. The number of hydrogen-bond donors (Lipinski definition) is 1. The zero-order valence-electron chi connectivity index (χ0n) is 12.7. The van der Waals surface area contributed by atoms with Gasteiger partial charge in [0.2, 0.25) is 0 Å². The maximum absolute atomic E-state index is 6.34. The van der Waals surface area contributed by atoms with E-state index in [1.54, 1.807) is 18.4 Å². The van der Waals surface area contributed by atoms with Gasteiger partial charge in [0, 0.05) is 22.8 Å². The van der Waals surface area contributed by atoms with E-state index in [4.69, 9.17) is 10.5 Å². The van der Waals surface area contributed by atoms with Crippen LogP contribution in [0.3, 0.4) is 0 Å². The molecule has 4 heteroatoms. The fourth-order valence-electron chi connectivity index (χ4n) is 2.65. The Kier molecular flexibility index (Phi) is 4.11. The smallest absolute Gasteiger partial charge is 0.119 e. The Labute approximate surface area is 134 Å². The molecule has 0 amide bonds. The van der Waals surface area contributed by atoms with E-state index in [0.717, 1.165) is 33.9 Å². The Morgan fingerprint density at radius 3 is 2.59 bits per heavy atom. The second-order valence-electron chi connectivity index (χ2n) is 4.97. The fraction of sp³-hybridized carbons (Fsp3) is 0.167. The van der Waals surface area contributed by atoms with E-state index < -0.39 is 0 Å². The normalized spacial score (nSPS) is 10.6. The Bertz CT molecular complexity index is 781. The molecule has 0 aliphatic rings. The Morgan fingerprint density at radius 2 is 1.91 bits per heavy atom. The molecule has 0 aliphatic carbocycles. The van der Waals surface area contributed by atoms with Crippen LogP contribution >= 0.6 is 11.3 Å². The van der Waals surface area contributed by atoms with Crippen molar-refractivity contribution in [2.75, 3.05) is 12.8 Å². The molecule has 2 N–H and O–H groups in total. The van der Waals surface area contributed by atoms with Crippen molar-refractivity contribution in [3.8, 4) is 27.3 Å². The van der Waals surface area contributed by atoms with Crippen LogP contribution in [0, 0.1) is 0 Å². The summed E-state index contributed by atoms with van der Waals surface area (Å²) in [5.41, 5.74) is 11.0. The van der Waals surface area contributed by atoms with E-state index in [2.05, 4.69) is 18.0 Å². The molecular formula is C18H18N2OS. The first-order chi connectivity index (χ1) is 10.7. The number of nitrogens with zero attached hydrogens (tertiary/aromatic N) is 1. The molecule has 22 heavy (non-hydrogen) atoms. The Balaban J connectivity index is 2.18. The molecule has 3 rings (SSSR count). The highest BCUT2D eigenvalue weighted by atomic mass is 32.1. The van der Waals surface area contributed by atoms with Gasteiger partial charge >= 0.3 is 0 Å². The van der Waals surface area contributed by atoms with Crippen LogP contribution in [-0.4, -0.2) is 12.1 Å². The van der Waals surface area contributed by atoms with E-state index in [-0.39, 0.29) is 0 Å². The van der Waals surface area contributed by atoms with Gasteiger partial charge in [0.05, 0.1) is 12.1 Å². The lowest BCUT2D eigenvalue weighted by Gasteiger charge is -2.08. The second kappa shape index (κ2) is 6.20. The highest BCUT2D eigenvalue weighted by Crippen LogP contribution is 2.44. The summed E-state index contributed by atoms with van der Waals surface area (Å²) in [6, 6.07) is 12.1. The highest BCUT2D eigenvalue weighted by Gasteiger charge is 2.18. The predicted molar refractivity (Wildman–Crippen MR) is 93.3 cm³/mol. The molecule has 3 aromatic rings. The molecule has 0 saturated carbocycles. The number of benzene rings is 1. The average Bonchev–Trinajstić information content (AvgIpc) is 2.92. The first kappa shape index (κ1) is 14.6. The van der Waals surface area contributed by atoms with Gasteiger partial charge in [-0.2, -0.15) is 0 Å². The first-order valence-electron chi connectivity index (χ1n) is 7.20. The van der Waals surface area contributed by atoms with Crippen molar-refractivity contribution >= 4 is 16.3 Å². The van der Waals surface area contributed by atoms with Crippen LogP contribution in [0.15, 0.2) is 48.8 Å². The summed E-state index contributed by atoms with van der Waals surface area (Å²) < 4.78 is 5.34. The van der Waals surface area contributed by atoms with Gasteiger partial charge in [-0.3, -0.25) is 4.98 Å². The van der Waals surface area contributed by atoms with Gasteiger partial charge in [0.25, 0.3) is 0 Å². The summed E-state index contributed by atoms with van der Waals surface area (Å²) >= 11 is 1.64. The van der Waals surface area contributed by atoms with Gasteiger partial charge < -0.3 is 10.5 Å². The molecule has 0 atom stereocenters. The van der Waals surface area contributed by atoms with Gasteiger partial charge in [-0.25, -0.2) is 0 Å². The van der Waals surface area contributed by atoms with Crippen molar-refractivity contribution < 1.29 is 4.74 Å². The van der Waals surface area contributed by atoms with Gasteiger partial charge in [0.1, 0.15) is 5.75 Å². The van der Waals surface area contributed by atoms with E-state index in [9.17, 15) is 0 Å². The standard InChI is InChI=1S/C18H18N2OS/c1-3-15-16(13-5-4-6-14(11-13)21-2)18(19)22-17(15)12-7-9-20-10-8-12/h4-11H,3,19H2,1-2H3. The molecule has 0 radical (unpaired) electrons. The number of aromatic nitrogens is 1. The number of ether oxygens (including phenoxy) is 1. The van der Waals surface area contributed by atoms with Crippen LogP contribution in [0.2, 0.25) is 0 Å². The van der Waals surface area contributed by atoms with Crippen molar-refractivity contribution in [1.29, 1.82) is 0 Å². The van der Waals surface area contributed by atoms with Crippen LogP contribution in [0.25, 0.3) is 21.6 Å².